The SMILES string of the molecule is C=CC(=O)OC1CCc2c(-c3cc(OC(=O)C(=C)C)ccc3F)cccc21. The van der Waals surface area contributed by atoms with Gasteiger partial charge in [-0.05, 0) is 54.7 Å². The first kappa shape index (κ1) is 18.6. The maximum absolute atomic E-state index is 14.5. The summed E-state index contributed by atoms with van der Waals surface area (Å²) >= 11 is 0. The van der Waals surface area contributed by atoms with Gasteiger partial charge in [0.2, 0.25) is 0 Å². The van der Waals surface area contributed by atoms with E-state index in [4.69, 9.17) is 9.47 Å². The Morgan fingerprint density at radius 3 is 2.70 bits per heavy atom. The molecule has 0 radical (unpaired) electrons. The van der Waals surface area contributed by atoms with Crippen molar-refractivity contribution in [2.24, 2.45) is 0 Å². The molecule has 2 aromatic rings. The van der Waals surface area contributed by atoms with Crippen LogP contribution < -0.4 is 4.74 Å². The van der Waals surface area contributed by atoms with Crippen molar-refractivity contribution in [2.45, 2.75) is 25.9 Å². The summed E-state index contributed by atoms with van der Waals surface area (Å²) in [5.74, 6) is -1.24. The molecule has 1 aliphatic rings. The molecule has 0 saturated heterocycles. The van der Waals surface area contributed by atoms with Gasteiger partial charge in [0.1, 0.15) is 17.7 Å². The van der Waals surface area contributed by atoms with Crippen molar-refractivity contribution in [3.8, 4) is 16.9 Å². The number of hydrogen-bond acceptors (Lipinski definition) is 4. The highest BCUT2D eigenvalue weighted by atomic mass is 19.1. The highest BCUT2D eigenvalue weighted by Crippen LogP contribution is 2.41. The molecule has 2 aromatic carbocycles. The van der Waals surface area contributed by atoms with Crippen molar-refractivity contribution in [3.63, 3.8) is 0 Å². The smallest absolute Gasteiger partial charge is 0.338 e. The van der Waals surface area contributed by atoms with E-state index in [2.05, 4.69) is 13.2 Å². The Labute approximate surface area is 156 Å². The third-order valence-electron chi connectivity index (χ3n) is 4.43. The second-order valence-corrected chi connectivity index (χ2v) is 6.35. The van der Waals surface area contributed by atoms with Gasteiger partial charge in [-0.25, -0.2) is 14.0 Å². The second kappa shape index (κ2) is 7.58. The average Bonchev–Trinajstić information content (AvgIpc) is 3.06. The van der Waals surface area contributed by atoms with Gasteiger partial charge in [-0.1, -0.05) is 31.4 Å². The van der Waals surface area contributed by atoms with E-state index in [0.717, 1.165) is 17.2 Å². The van der Waals surface area contributed by atoms with Gasteiger partial charge >= 0.3 is 11.9 Å². The Morgan fingerprint density at radius 2 is 2.00 bits per heavy atom. The summed E-state index contributed by atoms with van der Waals surface area (Å²) in [5, 5.41) is 0. The van der Waals surface area contributed by atoms with Crippen LogP contribution in [0.5, 0.6) is 5.75 Å². The minimum atomic E-state index is -0.567. The minimum Gasteiger partial charge on any atom is -0.454 e. The summed E-state index contributed by atoms with van der Waals surface area (Å²) in [6.07, 6.45) is 2.02. The zero-order valence-electron chi connectivity index (χ0n) is 15.0. The van der Waals surface area contributed by atoms with Crippen molar-refractivity contribution in [2.75, 3.05) is 0 Å². The molecule has 1 unspecified atom stereocenters. The van der Waals surface area contributed by atoms with Crippen molar-refractivity contribution in [1.82, 2.24) is 0 Å². The van der Waals surface area contributed by atoms with Crippen LogP contribution in [0.25, 0.3) is 11.1 Å². The molecule has 0 amide bonds. The first-order valence-corrected chi connectivity index (χ1v) is 8.53. The number of carbonyl (C=O) groups is 2. The number of rotatable bonds is 5. The number of benzene rings is 2. The molecule has 27 heavy (non-hydrogen) atoms. The Morgan fingerprint density at radius 1 is 1.22 bits per heavy atom. The van der Waals surface area contributed by atoms with Gasteiger partial charge in [0.05, 0.1) is 0 Å². The maximum Gasteiger partial charge on any atom is 0.338 e. The van der Waals surface area contributed by atoms with Gasteiger partial charge in [-0.3, -0.25) is 0 Å². The zero-order chi connectivity index (χ0) is 19.6. The highest BCUT2D eigenvalue weighted by molar-refractivity contribution is 5.89. The summed E-state index contributed by atoms with van der Waals surface area (Å²) in [6, 6.07) is 9.63. The molecule has 0 saturated carbocycles. The van der Waals surface area contributed by atoms with Crippen LogP contribution in [0.4, 0.5) is 4.39 Å². The molecule has 5 heteroatoms. The van der Waals surface area contributed by atoms with Gasteiger partial charge in [-0.15, -0.1) is 0 Å². The van der Waals surface area contributed by atoms with Gasteiger partial charge in [-0.2, -0.15) is 0 Å². The van der Waals surface area contributed by atoms with Crippen LogP contribution in [0, 0.1) is 5.82 Å². The van der Waals surface area contributed by atoms with Crippen LogP contribution in [-0.2, 0) is 20.7 Å². The quantitative estimate of drug-likeness (QED) is 0.438. The summed E-state index contributed by atoms with van der Waals surface area (Å²) < 4.78 is 25.1. The molecular formula is C22H19FO4. The zero-order valence-corrected chi connectivity index (χ0v) is 15.0. The number of fused-ring (bicyclic) bond motifs is 1. The molecule has 0 heterocycles. The van der Waals surface area contributed by atoms with E-state index < -0.39 is 17.8 Å². The normalized spacial score (nSPS) is 15.0. The van der Waals surface area contributed by atoms with Crippen LogP contribution in [0.2, 0.25) is 0 Å². The van der Waals surface area contributed by atoms with Crippen molar-refractivity contribution < 1.29 is 23.5 Å². The van der Waals surface area contributed by atoms with E-state index in [1.54, 1.807) is 19.1 Å². The Kier molecular flexibility index (Phi) is 5.21. The van der Waals surface area contributed by atoms with E-state index in [1.807, 2.05) is 6.07 Å². The molecule has 3 rings (SSSR count). The average molecular weight is 366 g/mol. The van der Waals surface area contributed by atoms with Gasteiger partial charge < -0.3 is 9.47 Å². The second-order valence-electron chi connectivity index (χ2n) is 6.35. The number of halogens is 1. The Bertz CT molecular complexity index is 945. The number of carbonyl (C=O) groups excluding carboxylic acids is 2. The van der Waals surface area contributed by atoms with E-state index in [0.29, 0.717) is 24.0 Å². The molecule has 0 spiro atoms. The first-order valence-electron chi connectivity index (χ1n) is 8.53. The predicted octanol–water partition coefficient (Wildman–Crippen LogP) is 4.69. The van der Waals surface area contributed by atoms with Crippen molar-refractivity contribution in [3.05, 3.63) is 78.1 Å². The third-order valence-corrected chi connectivity index (χ3v) is 4.43. The van der Waals surface area contributed by atoms with Gasteiger partial charge in [0, 0.05) is 17.2 Å². The third kappa shape index (κ3) is 3.82. The fourth-order valence-electron chi connectivity index (χ4n) is 3.15. The maximum atomic E-state index is 14.5. The number of esters is 2. The molecule has 1 aliphatic carbocycles. The first-order chi connectivity index (χ1) is 12.9. The molecule has 0 N–H and O–H groups in total. The molecule has 0 aromatic heterocycles. The lowest BCUT2D eigenvalue weighted by Gasteiger charge is -2.14. The summed E-state index contributed by atoms with van der Waals surface area (Å²) in [4.78, 5) is 23.3. The van der Waals surface area contributed by atoms with Crippen LogP contribution in [0.15, 0.2) is 61.2 Å². The molecule has 0 aliphatic heterocycles. The van der Waals surface area contributed by atoms with Crippen LogP contribution >= 0.6 is 0 Å². The molecular weight excluding hydrogens is 347 g/mol. The van der Waals surface area contributed by atoms with E-state index in [1.165, 1.54) is 18.2 Å². The predicted molar refractivity (Wildman–Crippen MR) is 99.6 cm³/mol. The van der Waals surface area contributed by atoms with Crippen molar-refractivity contribution in [1.29, 1.82) is 0 Å². The van der Waals surface area contributed by atoms with Crippen LogP contribution in [0.1, 0.15) is 30.6 Å². The van der Waals surface area contributed by atoms with E-state index in [9.17, 15) is 14.0 Å². The lowest BCUT2D eigenvalue weighted by molar-refractivity contribution is -0.143. The Hall–Kier alpha value is -3.21. The fourth-order valence-corrected chi connectivity index (χ4v) is 3.15. The molecule has 0 fully saturated rings. The standard InChI is InChI=1S/C22H19FO4/c1-4-21(24)27-20-11-9-16-15(6-5-7-17(16)20)18-12-14(8-10-19(18)23)26-22(25)13(2)3/h4-8,10,12,20H,1-2,9,11H2,3H3. The van der Waals surface area contributed by atoms with E-state index in [-0.39, 0.29) is 17.4 Å². The Balaban J connectivity index is 1.98. The van der Waals surface area contributed by atoms with Gasteiger partial charge in [0.25, 0.3) is 0 Å². The van der Waals surface area contributed by atoms with Crippen molar-refractivity contribution >= 4 is 11.9 Å². The topological polar surface area (TPSA) is 52.6 Å². The number of hydrogen-bond donors (Lipinski definition) is 0. The molecule has 0 bridgehead atoms. The molecule has 1 atom stereocenters. The monoisotopic (exact) mass is 366 g/mol. The van der Waals surface area contributed by atoms with Gasteiger partial charge in [0.15, 0.2) is 0 Å². The fraction of sp³-hybridized carbons (Fsp3) is 0.182. The minimum absolute atomic E-state index is 0.240. The highest BCUT2D eigenvalue weighted by Gasteiger charge is 2.28. The lowest BCUT2D eigenvalue weighted by Crippen LogP contribution is -2.08. The van der Waals surface area contributed by atoms with E-state index >= 15 is 0 Å². The summed E-state index contributed by atoms with van der Waals surface area (Å²) in [7, 11) is 0. The largest absolute Gasteiger partial charge is 0.454 e. The number of ether oxygens (including phenoxy) is 2. The summed E-state index contributed by atoms with van der Waals surface area (Å²) in [5.41, 5.74) is 3.05. The lowest BCUT2D eigenvalue weighted by atomic mass is 9.96. The van der Waals surface area contributed by atoms with Crippen LogP contribution in [-0.4, -0.2) is 11.9 Å². The molecule has 4 nitrogen and oxygen atoms in total. The molecule has 138 valence electrons. The summed E-state index contributed by atoms with van der Waals surface area (Å²) in [6.45, 7) is 8.49. The van der Waals surface area contributed by atoms with Crippen LogP contribution in [0.3, 0.4) is 0 Å².